The number of anilines is 1. The highest BCUT2D eigenvalue weighted by Crippen LogP contribution is 2.21. The second kappa shape index (κ2) is 9.53. The van der Waals surface area contributed by atoms with Crippen LogP contribution in [0.2, 0.25) is 5.02 Å². The van der Waals surface area contributed by atoms with Crippen LogP contribution < -0.4 is 4.90 Å². The minimum absolute atomic E-state index is 0.0216. The summed E-state index contributed by atoms with van der Waals surface area (Å²) in [4.78, 5) is 21.5. The lowest BCUT2D eigenvalue weighted by molar-refractivity contribution is 0.0984. The minimum atomic E-state index is -0.0216. The molecule has 6 heteroatoms. The van der Waals surface area contributed by atoms with Crippen LogP contribution in [0.5, 0.6) is 0 Å². The molecule has 2 aromatic carbocycles. The summed E-state index contributed by atoms with van der Waals surface area (Å²) in [5.41, 5.74) is 2.47. The molecule has 0 atom stereocenters. The highest BCUT2D eigenvalue weighted by Gasteiger charge is 2.18. The van der Waals surface area contributed by atoms with Gasteiger partial charge in [-0.3, -0.25) is 4.79 Å². The number of halogens is 1. The SMILES string of the molecule is CCN(CC)CCN(C(=O)c1ccc(-n2ccnc2)cc1)c1ccc(Cl)cc1. The zero-order chi connectivity index (χ0) is 19.9. The molecular weight excluding hydrogens is 372 g/mol. The predicted molar refractivity (Wildman–Crippen MR) is 114 cm³/mol. The molecule has 3 rings (SSSR count). The number of carbonyl (C=O) groups is 1. The summed E-state index contributed by atoms with van der Waals surface area (Å²) in [7, 11) is 0. The van der Waals surface area contributed by atoms with Gasteiger partial charge < -0.3 is 14.4 Å². The fraction of sp³-hybridized carbons (Fsp3) is 0.273. The maximum atomic E-state index is 13.3. The summed E-state index contributed by atoms with van der Waals surface area (Å²) in [5, 5.41) is 0.657. The van der Waals surface area contributed by atoms with Crippen LogP contribution >= 0.6 is 11.6 Å². The lowest BCUT2D eigenvalue weighted by Crippen LogP contribution is -2.38. The van der Waals surface area contributed by atoms with Gasteiger partial charge in [0.2, 0.25) is 0 Å². The summed E-state index contributed by atoms with van der Waals surface area (Å²) < 4.78 is 1.91. The first kappa shape index (κ1) is 20.1. The monoisotopic (exact) mass is 396 g/mol. The molecule has 0 saturated carbocycles. The molecule has 3 aromatic rings. The molecule has 146 valence electrons. The zero-order valence-electron chi connectivity index (χ0n) is 16.3. The molecule has 0 aliphatic rings. The van der Waals surface area contributed by atoms with Crippen molar-refractivity contribution in [1.29, 1.82) is 0 Å². The van der Waals surface area contributed by atoms with Crippen molar-refractivity contribution < 1.29 is 4.79 Å². The molecule has 5 nitrogen and oxygen atoms in total. The maximum Gasteiger partial charge on any atom is 0.258 e. The van der Waals surface area contributed by atoms with Gasteiger partial charge in [-0.15, -0.1) is 0 Å². The number of aromatic nitrogens is 2. The molecule has 0 saturated heterocycles. The van der Waals surface area contributed by atoms with Crippen LogP contribution in [0.4, 0.5) is 5.69 Å². The number of hydrogen-bond acceptors (Lipinski definition) is 3. The van der Waals surface area contributed by atoms with Gasteiger partial charge in [0.1, 0.15) is 0 Å². The van der Waals surface area contributed by atoms with Crippen molar-refractivity contribution in [3.8, 4) is 5.69 Å². The van der Waals surface area contributed by atoms with E-state index in [0.29, 0.717) is 17.1 Å². The number of rotatable bonds is 8. The average Bonchev–Trinajstić information content (AvgIpc) is 3.27. The van der Waals surface area contributed by atoms with Crippen molar-refractivity contribution in [1.82, 2.24) is 14.5 Å². The van der Waals surface area contributed by atoms with Crippen molar-refractivity contribution in [2.75, 3.05) is 31.1 Å². The summed E-state index contributed by atoms with van der Waals surface area (Å²) >= 11 is 6.03. The molecule has 1 heterocycles. The second-order valence-electron chi connectivity index (χ2n) is 6.48. The minimum Gasteiger partial charge on any atom is -0.307 e. The Morgan fingerprint density at radius 1 is 1.00 bits per heavy atom. The highest BCUT2D eigenvalue weighted by atomic mass is 35.5. The van der Waals surface area contributed by atoms with Gasteiger partial charge in [0.25, 0.3) is 5.91 Å². The van der Waals surface area contributed by atoms with Crippen LogP contribution in [0.15, 0.2) is 67.3 Å². The van der Waals surface area contributed by atoms with E-state index in [1.54, 1.807) is 12.5 Å². The summed E-state index contributed by atoms with van der Waals surface area (Å²) in [6.07, 6.45) is 5.34. The van der Waals surface area contributed by atoms with Crippen LogP contribution in [0.3, 0.4) is 0 Å². The van der Waals surface area contributed by atoms with E-state index < -0.39 is 0 Å². The van der Waals surface area contributed by atoms with Gasteiger partial charge >= 0.3 is 0 Å². The molecule has 1 aromatic heterocycles. The van der Waals surface area contributed by atoms with Gasteiger partial charge in [-0.25, -0.2) is 4.98 Å². The Bertz CT molecular complexity index is 872. The zero-order valence-corrected chi connectivity index (χ0v) is 17.0. The Labute approximate surface area is 171 Å². The molecule has 0 fully saturated rings. The Kier molecular flexibility index (Phi) is 6.85. The van der Waals surface area contributed by atoms with E-state index in [4.69, 9.17) is 11.6 Å². The topological polar surface area (TPSA) is 41.4 Å². The smallest absolute Gasteiger partial charge is 0.258 e. The van der Waals surface area contributed by atoms with Gasteiger partial charge in [0.05, 0.1) is 6.33 Å². The molecule has 0 N–H and O–H groups in total. The summed E-state index contributed by atoms with van der Waals surface area (Å²) in [6, 6.07) is 15.0. The van der Waals surface area contributed by atoms with Crippen LogP contribution in [-0.4, -0.2) is 46.5 Å². The number of amides is 1. The number of hydrogen-bond donors (Lipinski definition) is 0. The number of nitrogens with zero attached hydrogens (tertiary/aromatic N) is 4. The van der Waals surface area contributed by atoms with Crippen LogP contribution in [-0.2, 0) is 0 Å². The lowest BCUT2D eigenvalue weighted by atomic mass is 10.1. The predicted octanol–water partition coefficient (Wildman–Crippen LogP) is 4.51. The van der Waals surface area contributed by atoms with E-state index in [1.165, 1.54) is 0 Å². The molecule has 0 radical (unpaired) electrons. The molecular formula is C22H25ClN4O. The van der Waals surface area contributed by atoms with E-state index in [9.17, 15) is 4.79 Å². The van der Waals surface area contributed by atoms with Gasteiger partial charge in [0.15, 0.2) is 0 Å². The van der Waals surface area contributed by atoms with Gasteiger partial charge in [0, 0.05) is 47.4 Å². The van der Waals surface area contributed by atoms with Crippen LogP contribution in [0.1, 0.15) is 24.2 Å². The summed E-state index contributed by atoms with van der Waals surface area (Å²) in [5.74, 6) is -0.0216. The first-order valence-electron chi connectivity index (χ1n) is 9.50. The van der Waals surface area contributed by atoms with E-state index in [-0.39, 0.29) is 5.91 Å². The molecule has 0 aliphatic heterocycles. The Morgan fingerprint density at radius 3 is 2.25 bits per heavy atom. The van der Waals surface area contributed by atoms with E-state index >= 15 is 0 Å². The Hall–Kier alpha value is -2.63. The molecule has 0 unspecified atom stereocenters. The second-order valence-corrected chi connectivity index (χ2v) is 6.91. The molecule has 28 heavy (non-hydrogen) atoms. The lowest BCUT2D eigenvalue weighted by Gasteiger charge is -2.27. The van der Waals surface area contributed by atoms with Gasteiger partial charge in [-0.1, -0.05) is 25.4 Å². The van der Waals surface area contributed by atoms with Gasteiger partial charge in [-0.05, 0) is 61.6 Å². The first-order valence-corrected chi connectivity index (χ1v) is 9.88. The Morgan fingerprint density at radius 2 is 1.68 bits per heavy atom. The normalized spacial score (nSPS) is 11.0. The van der Waals surface area contributed by atoms with Crippen LogP contribution in [0, 0.1) is 0 Å². The van der Waals surface area contributed by atoms with Crippen molar-refractivity contribution in [2.24, 2.45) is 0 Å². The van der Waals surface area contributed by atoms with Crippen molar-refractivity contribution in [3.63, 3.8) is 0 Å². The molecule has 0 aliphatic carbocycles. The third-order valence-corrected chi connectivity index (χ3v) is 5.09. The molecule has 1 amide bonds. The maximum absolute atomic E-state index is 13.3. The number of imidazole rings is 1. The van der Waals surface area contributed by atoms with Crippen LogP contribution in [0.25, 0.3) is 5.69 Å². The summed E-state index contributed by atoms with van der Waals surface area (Å²) in [6.45, 7) is 7.61. The number of carbonyl (C=O) groups excluding carboxylic acids is 1. The third-order valence-electron chi connectivity index (χ3n) is 4.83. The quantitative estimate of drug-likeness (QED) is 0.562. The Balaban J connectivity index is 1.83. The largest absolute Gasteiger partial charge is 0.307 e. The van der Waals surface area contributed by atoms with E-state index in [0.717, 1.165) is 31.0 Å². The average molecular weight is 397 g/mol. The van der Waals surface area contributed by atoms with Gasteiger partial charge in [-0.2, -0.15) is 0 Å². The fourth-order valence-corrected chi connectivity index (χ4v) is 3.22. The van der Waals surface area contributed by atoms with Crippen molar-refractivity contribution in [3.05, 3.63) is 77.8 Å². The first-order chi connectivity index (χ1) is 13.6. The fourth-order valence-electron chi connectivity index (χ4n) is 3.09. The van der Waals surface area contributed by atoms with Crippen molar-refractivity contribution >= 4 is 23.2 Å². The van der Waals surface area contributed by atoms with E-state index in [1.807, 2.05) is 64.2 Å². The number of benzene rings is 2. The standard InChI is InChI=1S/C22H25ClN4O/c1-3-25(4-2)15-16-27(21-11-7-19(23)8-12-21)22(28)18-5-9-20(10-6-18)26-14-13-24-17-26/h5-14,17H,3-4,15-16H2,1-2H3. The van der Waals surface area contributed by atoms with E-state index in [2.05, 4.69) is 23.7 Å². The van der Waals surface area contributed by atoms with Crippen molar-refractivity contribution in [2.45, 2.75) is 13.8 Å². The number of likely N-dealkylation sites (N-methyl/N-ethyl adjacent to an activating group) is 1. The third kappa shape index (κ3) is 4.80. The highest BCUT2D eigenvalue weighted by molar-refractivity contribution is 6.30. The molecule has 0 spiro atoms. The molecule has 0 bridgehead atoms.